The van der Waals surface area contributed by atoms with Crippen LogP contribution in [0.1, 0.15) is 24.4 Å². The first-order valence-electron chi connectivity index (χ1n) is 9.35. The first-order chi connectivity index (χ1) is 13.0. The van der Waals surface area contributed by atoms with Crippen LogP contribution in [0.4, 0.5) is 16.2 Å². The number of anilines is 2. The third kappa shape index (κ3) is 5.37. The van der Waals surface area contributed by atoms with Gasteiger partial charge in [-0.2, -0.15) is 0 Å². The molecule has 5 nitrogen and oxygen atoms in total. The van der Waals surface area contributed by atoms with Gasteiger partial charge < -0.3 is 15.5 Å². The molecule has 3 rings (SSSR count). The van der Waals surface area contributed by atoms with Crippen LogP contribution in [0, 0.1) is 0 Å². The molecule has 1 atom stereocenters. The lowest BCUT2D eigenvalue weighted by molar-refractivity contribution is 0.227. The number of urea groups is 1. The molecule has 0 aromatic heterocycles. The Morgan fingerprint density at radius 1 is 1.15 bits per heavy atom. The van der Waals surface area contributed by atoms with Crippen molar-refractivity contribution in [2.75, 3.05) is 43.9 Å². The number of nitrogens with zero attached hydrogens (tertiary/aromatic N) is 2. The molecular weight excluding hydrogens is 360 g/mol. The number of nitrogens with one attached hydrogen (secondary N) is 2. The third-order valence-corrected chi connectivity index (χ3v) is 5.15. The zero-order valence-electron chi connectivity index (χ0n) is 15.9. The van der Waals surface area contributed by atoms with Gasteiger partial charge in [0.1, 0.15) is 0 Å². The molecule has 144 valence electrons. The minimum Gasteiger partial charge on any atom is -0.378 e. The van der Waals surface area contributed by atoms with Crippen molar-refractivity contribution in [3.05, 3.63) is 59.1 Å². The minimum absolute atomic E-state index is 0.175. The molecule has 0 radical (unpaired) electrons. The molecule has 0 unspecified atom stereocenters. The second-order valence-electron chi connectivity index (χ2n) is 7.09. The number of rotatable bonds is 6. The first kappa shape index (κ1) is 19.5. The van der Waals surface area contributed by atoms with Crippen LogP contribution in [0.2, 0.25) is 5.02 Å². The summed E-state index contributed by atoms with van der Waals surface area (Å²) in [5, 5.41) is 6.46. The Hall–Kier alpha value is -2.24. The summed E-state index contributed by atoms with van der Waals surface area (Å²) in [4.78, 5) is 16.9. The predicted octanol–water partition coefficient (Wildman–Crippen LogP) is 4.36. The Balaban J connectivity index is 1.65. The summed E-state index contributed by atoms with van der Waals surface area (Å²) in [5.74, 6) is 0. The molecule has 0 saturated carbocycles. The first-order valence-corrected chi connectivity index (χ1v) is 9.72. The van der Waals surface area contributed by atoms with Crippen molar-refractivity contribution in [2.24, 2.45) is 0 Å². The van der Waals surface area contributed by atoms with Crippen molar-refractivity contribution in [3.8, 4) is 0 Å². The van der Waals surface area contributed by atoms with Crippen molar-refractivity contribution < 1.29 is 4.79 Å². The Bertz CT molecular complexity index is 757. The van der Waals surface area contributed by atoms with Crippen molar-refractivity contribution in [1.29, 1.82) is 0 Å². The van der Waals surface area contributed by atoms with E-state index in [2.05, 4.69) is 44.7 Å². The molecule has 2 aromatic carbocycles. The lowest BCUT2D eigenvalue weighted by atomic mass is 10.0. The molecule has 1 fully saturated rings. The van der Waals surface area contributed by atoms with Crippen molar-refractivity contribution in [3.63, 3.8) is 0 Å². The minimum atomic E-state index is -0.216. The van der Waals surface area contributed by atoms with Gasteiger partial charge in [-0.05, 0) is 61.8 Å². The van der Waals surface area contributed by atoms with Gasteiger partial charge in [0, 0.05) is 37.0 Å². The molecule has 2 amide bonds. The largest absolute Gasteiger partial charge is 0.378 e. The molecule has 2 N–H and O–H groups in total. The van der Waals surface area contributed by atoms with Gasteiger partial charge in [-0.25, -0.2) is 4.79 Å². The molecule has 0 spiro atoms. The van der Waals surface area contributed by atoms with Gasteiger partial charge in [-0.1, -0.05) is 29.8 Å². The Morgan fingerprint density at radius 3 is 2.48 bits per heavy atom. The SMILES string of the molecule is CN(C)c1ccc([C@H](CNC(=O)Nc2cccc(Cl)c2)N2CCCC2)cc1. The fourth-order valence-electron chi connectivity index (χ4n) is 3.44. The number of halogens is 1. The molecule has 6 heteroatoms. The Morgan fingerprint density at radius 2 is 1.85 bits per heavy atom. The fraction of sp³-hybridized carbons (Fsp3) is 0.381. The van der Waals surface area contributed by atoms with Gasteiger partial charge in [0.05, 0.1) is 6.04 Å². The van der Waals surface area contributed by atoms with E-state index in [0.717, 1.165) is 13.1 Å². The number of amides is 2. The highest BCUT2D eigenvalue weighted by atomic mass is 35.5. The second-order valence-corrected chi connectivity index (χ2v) is 7.53. The van der Waals surface area contributed by atoms with Gasteiger partial charge in [0.25, 0.3) is 0 Å². The van der Waals surface area contributed by atoms with Crippen LogP contribution in [0.25, 0.3) is 0 Å². The van der Waals surface area contributed by atoms with Gasteiger partial charge in [0.2, 0.25) is 0 Å². The van der Waals surface area contributed by atoms with E-state index in [0.29, 0.717) is 17.3 Å². The average molecular weight is 387 g/mol. The quantitative estimate of drug-likeness (QED) is 0.775. The molecule has 1 aliphatic heterocycles. The normalized spacial score (nSPS) is 15.4. The molecule has 27 heavy (non-hydrogen) atoms. The zero-order chi connectivity index (χ0) is 19.2. The smallest absolute Gasteiger partial charge is 0.319 e. The average Bonchev–Trinajstić information content (AvgIpc) is 3.17. The number of carbonyl (C=O) groups is 1. The lowest BCUT2D eigenvalue weighted by Gasteiger charge is -2.28. The van der Waals surface area contributed by atoms with Gasteiger partial charge in [-0.15, -0.1) is 0 Å². The second kappa shape index (κ2) is 9.11. The maximum Gasteiger partial charge on any atom is 0.319 e. The van der Waals surface area contributed by atoms with Crippen LogP contribution in [-0.2, 0) is 0 Å². The topological polar surface area (TPSA) is 47.6 Å². The highest BCUT2D eigenvalue weighted by Crippen LogP contribution is 2.26. The number of hydrogen-bond donors (Lipinski definition) is 2. The van der Waals surface area contributed by atoms with Gasteiger partial charge >= 0.3 is 6.03 Å². The summed E-state index contributed by atoms with van der Waals surface area (Å²) >= 11 is 5.98. The number of likely N-dealkylation sites (tertiary alicyclic amines) is 1. The number of hydrogen-bond acceptors (Lipinski definition) is 3. The molecule has 1 saturated heterocycles. The summed E-state index contributed by atoms with van der Waals surface area (Å²) in [6.45, 7) is 2.70. The molecule has 2 aromatic rings. The third-order valence-electron chi connectivity index (χ3n) is 4.91. The van der Waals surface area contributed by atoms with Crippen molar-refractivity contribution in [1.82, 2.24) is 10.2 Å². The van der Waals surface area contributed by atoms with Crippen molar-refractivity contribution >= 4 is 29.0 Å². The summed E-state index contributed by atoms with van der Waals surface area (Å²) in [6, 6.07) is 15.7. The lowest BCUT2D eigenvalue weighted by Crippen LogP contribution is -2.38. The predicted molar refractivity (Wildman–Crippen MR) is 113 cm³/mol. The van der Waals surface area contributed by atoms with E-state index in [1.165, 1.54) is 24.1 Å². The summed E-state index contributed by atoms with van der Waals surface area (Å²) in [7, 11) is 4.07. The monoisotopic (exact) mass is 386 g/mol. The van der Waals surface area contributed by atoms with E-state index in [1.54, 1.807) is 12.1 Å². The standard InChI is InChI=1S/C21H27ClN4O/c1-25(2)19-10-8-16(9-11-19)20(26-12-3-4-13-26)15-23-21(27)24-18-7-5-6-17(22)14-18/h5-11,14,20H,3-4,12-13,15H2,1-2H3,(H2,23,24,27)/t20-/m0/s1. The van der Waals surface area contributed by atoms with Crippen molar-refractivity contribution in [2.45, 2.75) is 18.9 Å². The fourth-order valence-corrected chi connectivity index (χ4v) is 3.63. The van der Waals surface area contributed by atoms with E-state index in [1.807, 2.05) is 26.2 Å². The van der Waals surface area contributed by atoms with Crippen LogP contribution in [-0.4, -0.2) is 44.7 Å². The van der Waals surface area contributed by atoms with Gasteiger partial charge in [0.15, 0.2) is 0 Å². The summed E-state index contributed by atoms with van der Waals surface area (Å²) in [6.07, 6.45) is 2.42. The molecule has 1 aliphatic rings. The summed E-state index contributed by atoms with van der Waals surface area (Å²) in [5.41, 5.74) is 3.09. The van der Waals surface area contributed by atoms with Crippen LogP contribution in [0.3, 0.4) is 0 Å². The Labute approximate surface area is 166 Å². The van der Waals surface area contributed by atoms with Crippen LogP contribution < -0.4 is 15.5 Å². The maximum absolute atomic E-state index is 12.3. The van der Waals surface area contributed by atoms with E-state index in [4.69, 9.17) is 11.6 Å². The molecule has 0 bridgehead atoms. The van der Waals surface area contributed by atoms with E-state index in [-0.39, 0.29) is 12.1 Å². The van der Waals surface area contributed by atoms with E-state index in [9.17, 15) is 4.79 Å². The number of benzene rings is 2. The Kier molecular flexibility index (Phi) is 6.58. The van der Waals surface area contributed by atoms with E-state index < -0.39 is 0 Å². The molecular formula is C21H27ClN4O. The zero-order valence-corrected chi connectivity index (χ0v) is 16.7. The highest BCUT2D eigenvalue weighted by Gasteiger charge is 2.24. The highest BCUT2D eigenvalue weighted by molar-refractivity contribution is 6.30. The molecule has 0 aliphatic carbocycles. The van der Waals surface area contributed by atoms with Crippen LogP contribution in [0.5, 0.6) is 0 Å². The van der Waals surface area contributed by atoms with E-state index >= 15 is 0 Å². The summed E-state index contributed by atoms with van der Waals surface area (Å²) < 4.78 is 0. The molecule has 1 heterocycles. The maximum atomic E-state index is 12.3. The van der Waals surface area contributed by atoms with Crippen LogP contribution in [0.15, 0.2) is 48.5 Å². The van der Waals surface area contributed by atoms with Gasteiger partial charge in [-0.3, -0.25) is 4.90 Å². The number of carbonyl (C=O) groups excluding carboxylic acids is 1. The van der Waals surface area contributed by atoms with Crippen LogP contribution >= 0.6 is 11.6 Å².